The predicted octanol–water partition coefficient (Wildman–Crippen LogP) is 4.20. The molecular weight excluding hydrogens is 359 g/mol. The smallest absolute Gasteiger partial charge is 0.276 e. The number of carbonyl (C=O) groups excluding carboxylic acids is 1. The third-order valence-corrected chi connectivity index (χ3v) is 4.97. The fourth-order valence-corrected chi connectivity index (χ4v) is 3.73. The summed E-state index contributed by atoms with van der Waals surface area (Å²) in [5.41, 5.74) is 5.13. The molecule has 1 aliphatic rings. The minimum Gasteiger partial charge on any atom is -0.441 e. The van der Waals surface area contributed by atoms with Crippen molar-refractivity contribution in [2.24, 2.45) is 0 Å². The number of hydrogen-bond acceptors (Lipinski definition) is 4. The van der Waals surface area contributed by atoms with Crippen LogP contribution < -0.4 is 5.32 Å². The fourth-order valence-electron chi connectivity index (χ4n) is 3.73. The number of nitrogens with one attached hydrogen (secondary N) is 1. The molecule has 28 heavy (non-hydrogen) atoms. The Bertz CT molecular complexity index is 1210. The van der Waals surface area contributed by atoms with Gasteiger partial charge in [0.05, 0.1) is 5.69 Å². The lowest BCUT2D eigenvalue weighted by atomic mass is 10.2. The molecule has 0 saturated carbocycles. The zero-order valence-electron chi connectivity index (χ0n) is 15.2. The summed E-state index contributed by atoms with van der Waals surface area (Å²) in [5, 5.41) is 7.45. The number of hydrogen-bond donors (Lipinski definition) is 1. The van der Waals surface area contributed by atoms with Crippen LogP contribution in [0.5, 0.6) is 0 Å². The van der Waals surface area contributed by atoms with Crippen LogP contribution in [0.25, 0.3) is 16.8 Å². The number of halogens is 1. The van der Waals surface area contributed by atoms with Gasteiger partial charge in [0.25, 0.3) is 5.91 Å². The maximum atomic E-state index is 13.3. The average molecular weight is 376 g/mol. The van der Waals surface area contributed by atoms with Gasteiger partial charge in [-0.3, -0.25) is 4.79 Å². The van der Waals surface area contributed by atoms with E-state index in [0.29, 0.717) is 28.4 Å². The van der Waals surface area contributed by atoms with E-state index in [4.69, 9.17) is 4.42 Å². The number of nitrogens with zero attached hydrogens (tertiary/aromatic N) is 3. The number of fused-ring (bicyclic) bond motifs is 2. The van der Waals surface area contributed by atoms with Crippen LogP contribution in [-0.2, 0) is 12.8 Å². The summed E-state index contributed by atoms with van der Waals surface area (Å²) >= 11 is 0. The summed E-state index contributed by atoms with van der Waals surface area (Å²) in [6, 6.07) is 11.5. The molecule has 5 rings (SSSR count). The van der Waals surface area contributed by atoms with Crippen LogP contribution in [0.2, 0.25) is 0 Å². The van der Waals surface area contributed by atoms with E-state index >= 15 is 0 Å². The number of carbonyl (C=O) groups is 1. The third kappa shape index (κ3) is 2.76. The van der Waals surface area contributed by atoms with E-state index in [9.17, 15) is 9.18 Å². The first-order chi connectivity index (χ1) is 13.6. The maximum Gasteiger partial charge on any atom is 0.276 e. The van der Waals surface area contributed by atoms with Gasteiger partial charge >= 0.3 is 0 Å². The molecule has 7 heteroatoms. The first-order valence-corrected chi connectivity index (χ1v) is 9.14. The average Bonchev–Trinajstić information content (AvgIpc) is 3.36. The molecule has 0 atom stereocenters. The standard InChI is InChI=1S/C21H17FN4O2/c1-12-23-17-11-14(7-10-19(17)28-12)24-21(27)20-16-3-2-4-18(16)26(25-20)15-8-5-13(22)6-9-15/h5-11H,2-4H2,1H3,(H,24,27). The minimum absolute atomic E-state index is 0.265. The van der Waals surface area contributed by atoms with Gasteiger partial charge < -0.3 is 9.73 Å². The highest BCUT2D eigenvalue weighted by atomic mass is 19.1. The zero-order valence-corrected chi connectivity index (χ0v) is 15.2. The van der Waals surface area contributed by atoms with E-state index in [1.54, 1.807) is 41.9 Å². The molecule has 4 aromatic rings. The lowest BCUT2D eigenvalue weighted by molar-refractivity contribution is 0.102. The van der Waals surface area contributed by atoms with Gasteiger partial charge in [0, 0.05) is 23.9 Å². The van der Waals surface area contributed by atoms with Crippen LogP contribution in [-0.4, -0.2) is 20.7 Å². The SMILES string of the molecule is Cc1nc2cc(NC(=O)c3nn(-c4ccc(F)cc4)c4c3CCC4)ccc2o1. The molecule has 0 bridgehead atoms. The van der Waals surface area contributed by atoms with Crippen molar-refractivity contribution in [2.75, 3.05) is 5.32 Å². The first kappa shape index (κ1) is 16.7. The molecule has 0 saturated heterocycles. The Balaban J connectivity index is 1.49. The Morgan fingerprint density at radius 1 is 1.18 bits per heavy atom. The summed E-state index contributed by atoms with van der Waals surface area (Å²) in [4.78, 5) is 17.2. The van der Waals surface area contributed by atoms with Crippen molar-refractivity contribution in [1.29, 1.82) is 0 Å². The Morgan fingerprint density at radius 2 is 2.00 bits per heavy atom. The highest BCUT2D eigenvalue weighted by molar-refractivity contribution is 6.04. The maximum absolute atomic E-state index is 13.3. The van der Waals surface area contributed by atoms with Crippen molar-refractivity contribution in [3.8, 4) is 5.69 Å². The van der Waals surface area contributed by atoms with Gasteiger partial charge in [-0.05, 0) is 61.7 Å². The van der Waals surface area contributed by atoms with Crippen LogP contribution in [0.4, 0.5) is 10.1 Å². The van der Waals surface area contributed by atoms with Crippen molar-refractivity contribution < 1.29 is 13.6 Å². The number of anilines is 1. The molecule has 1 amide bonds. The van der Waals surface area contributed by atoms with Gasteiger partial charge in [0.1, 0.15) is 11.3 Å². The molecule has 0 aliphatic heterocycles. The zero-order chi connectivity index (χ0) is 19.3. The second kappa shape index (κ2) is 6.30. The molecular formula is C21H17FN4O2. The predicted molar refractivity (Wildman–Crippen MR) is 102 cm³/mol. The molecule has 0 unspecified atom stereocenters. The molecule has 1 N–H and O–H groups in total. The lowest BCUT2D eigenvalue weighted by Gasteiger charge is -2.05. The quantitative estimate of drug-likeness (QED) is 0.582. The highest BCUT2D eigenvalue weighted by Crippen LogP contribution is 2.29. The Kier molecular flexibility index (Phi) is 3.75. The van der Waals surface area contributed by atoms with E-state index in [2.05, 4.69) is 15.4 Å². The van der Waals surface area contributed by atoms with Crippen molar-refractivity contribution >= 4 is 22.7 Å². The fraction of sp³-hybridized carbons (Fsp3) is 0.190. The Morgan fingerprint density at radius 3 is 2.82 bits per heavy atom. The van der Waals surface area contributed by atoms with E-state index in [1.807, 2.05) is 0 Å². The van der Waals surface area contributed by atoms with Gasteiger partial charge in [-0.15, -0.1) is 0 Å². The number of amides is 1. The van der Waals surface area contributed by atoms with Crippen molar-refractivity contribution in [3.05, 3.63) is 71.1 Å². The molecule has 0 fully saturated rings. The monoisotopic (exact) mass is 376 g/mol. The van der Waals surface area contributed by atoms with Gasteiger partial charge in [0.15, 0.2) is 17.2 Å². The molecule has 140 valence electrons. The second-order valence-electron chi connectivity index (χ2n) is 6.89. The van der Waals surface area contributed by atoms with E-state index in [0.717, 1.165) is 36.2 Å². The third-order valence-electron chi connectivity index (χ3n) is 4.97. The normalized spacial score (nSPS) is 13.1. The summed E-state index contributed by atoms with van der Waals surface area (Å²) in [6.07, 6.45) is 2.62. The molecule has 6 nitrogen and oxygen atoms in total. The topological polar surface area (TPSA) is 73.0 Å². The van der Waals surface area contributed by atoms with Gasteiger partial charge in [-0.2, -0.15) is 5.10 Å². The van der Waals surface area contributed by atoms with E-state index < -0.39 is 0 Å². The second-order valence-corrected chi connectivity index (χ2v) is 6.89. The first-order valence-electron chi connectivity index (χ1n) is 9.14. The molecule has 2 aromatic heterocycles. The summed E-state index contributed by atoms with van der Waals surface area (Å²) in [5.74, 6) is 0.0110. The molecule has 0 radical (unpaired) electrons. The molecule has 2 aromatic carbocycles. The van der Waals surface area contributed by atoms with Crippen LogP contribution in [0.15, 0.2) is 46.9 Å². The number of aryl methyl sites for hydroxylation is 1. The van der Waals surface area contributed by atoms with Gasteiger partial charge in [0.2, 0.25) is 0 Å². The van der Waals surface area contributed by atoms with E-state index in [1.165, 1.54) is 12.1 Å². The number of rotatable bonds is 3. The highest BCUT2D eigenvalue weighted by Gasteiger charge is 2.27. The Hall–Kier alpha value is -3.48. The number of benzene rings is 2. The van der Waals surface area contributed by atoms with Crippen LogP contribution >= 0.6 is 0 Å². The number of oxazole rings is 1. The molecule has 1 aliphatic carbocycles. The van der Waals surface area contributed by atoms with Crippen molar-refractivity contribution in [2.45, 2.75) is 26.2 Å². The van der Waals surface area contributed by atoms with E-state index in [-0.39, 0.29) is 11.7 Å². The number of aromatic nitrogens is 3. The Labute approximate surface area is 160 Å². The van der Waals surface area contributed by atoms with Crippen LogP contribution in [0.1, 0.15) is 34.1 Å². The van der Waals surface area contributed by atoms with Gasteiger partial charge in [-0.25, -0.2) is 14.1 Å². The lowest BCUT2D eigenvalue weighted by Crippen LogP contribution is -2.15. The van der Waals surface area contributed by atoms with Crippen molar-refractivity contribution in [3.63, 3.8) is 0 Å². The van der Waals surface area contributed by atoms with Crippen molar-refractivity contribution in [1.82, 2.24) is 14.8 Å². The largest absolute Gasteiger partial charge is 0.441 e. The summed E-state index contributed by atoms with van der Waals surface area (Å²) < 4.78 is 20.5. The summed E-state index contributed by atoms with van der Waals surface area (Å²) in [7, 11) is 0. The summed E-state index contributed by atoms with van der Waals surface area (Å²) in [6.45, 7) is 1.78. The minimum atomic E-state index is -0.302. The van der Waals surface area contributed by atoms with Gasteiger partial charge in [-0.1, -0.05) is 0 Å². The molecule has 0 spiro atoms. The van der Waals surface area contributed by atoms with Crippen LogP contribution in [0, 0.1) is 12.7 Å². The molecule has 2 heterocycles. The van der Waals surface area contributed by atoms with Crippen LogP contribution in [0.3, 0.4) is 0 Å².